The second kappa shape index (κ2) is 7.01. The second-order valence-corrected chi connectivity index (χ2v) is 6.20. The van der Waals surface area contributed by atoms with E-state index in [-0.39, 0.29) is 17.8 Å². The van der Waals surface area contributed by atoms with Crippen LogP contribution in [0, 0.1) is 0 Å². The van der Waals surface area contributed by atoms with Crippen molar-refractivity contribution in [2.45, 2.75) is 12.3 Å². The van der Waals surface area contributed by atoms with Crippen LogP contribution in [0.3, 0.4) is 0 Å². The summed E-state index contributed by atoms with van der Waals surface area (Å²) in [6.07, 6.45) is -5.41. The first-order valence-corrected chi connectivity index (χ1v) is 8.03. The zero-order valence-electron chi connectivity index (χ0n) is 13.3. The number of hydrogen-bond donors (Lipinski definition) is 3. The molecule has 2 aromatic carbocycles. The molecule has 1 unspecified atom stereocenters. The van der Waals surface area contributed by atoms with Gasteiger partial charge in [0.1, 0.15) is 5.69 Å². The van der Waals surface area contributed by atoms with Crippen LogP contribution >= 0.6 is 11.6 Å². The SMILES string of the molecule is O=C(NCC(O)c1cccc(Cl)c1)c1cc2ccc(C(F)(F)F)cc2[nH]1. The van der Waals surface area contributed by atoms with E-state index in [2.05, 4.69) is 10.3 Å². The molecule has 4 nitrogen and oxygen atoms in total. The average molecular weight is 383 g/mol. The molecule has 3 aromatic rings. The van der Waals surface area contributed by atoms with E-state index in [0.29, 0.717) is 16.0 Å². The standard InChI is InChI=1S/C18H14ClF3N2O2/c19-13-3-1-2-11(6-13)16(25)9-23-17(26)15-7-10-4-5-12(18(20,21)22)8-14(10)24-15/h1-8,16,24-25H,9H2,(H,23,26). The van der Waals surface area contributed by atoms with Crippen LogP contribution in [0.15, 0.2) is 48.5 Å². The molecule has 26 heavy (non-hydrogen) atoms. The normalized spacial score (nSPS) is 13.0. The van der Waals surface area contributed by atoms with Gasteiger partial charge in [0.2, 0.25) is 0 Å². The van der Waals surface area contributed by atoms with E-state index >= 15 is 0 Å². The first kappa shape index (κ1) is 18.3. The van der Waals surface area contributed by atoms with Gasteiger partial charge in [0, 0.05) is 22.5 Å². The smallest absolute Gasteiger partial charge is 0.387 e. The first-order valence-electron chi connectivity index (χ1n) is 7.66. The Morgan fingerprint density at radius 1 is 1.19 bits per heavy atom. The number of hydrogen-bond acceptors (Lipinski definition) is 2. The molecule has 8 heteroatoms. The fourth-order valence-electron chi connectivity index (χ4n) is 2.54. The fourth-order valence-corrected chi connectivity index (χ4v) is 2.74. The summed E-state index contributed by atoms with van der Waals surface area (Å²) in [7, 11) is 0. The summed E-state index contributed by atoms with van der Waals surface area (Å²) in [6.45, 7) is -0.0671. The summed E-state index contributed by atoms with van der Waals surface area (Å²) >= 11 is 5.85. The number of aromatic nitrogens is 1. The molecular weight excluding hydrogens is 369 g/mol. The van der Waals surface area contributed by atoms with Crippen molar-refractivity contribution in [1.29, 1.82) is 0 Å². The van der Waals surface area contributed by atoms with Gasteiger partial charge >= 0.3 is 6.18 Å². The Balaban J connectivity index is 1.71. The van der Waals surface area contributed by atoms with E-state index in [1.807, 2.05) is 0 Å². The van der Waals surface area contributed by atoms with Gasteiger partial charge in [-0.05, 0) is 35.9 Å². The van der Waals surface area contributed by atoms with Crippen molar-refractivity contribution in [2.75, 3.05) is 6.54 Å². The second-order valence-electron chi connectivity index (χ2n) is 5.76. The summed E-state index contributed by atoms with van der Waals surface area (Å²) in [5, 5.41) is 13.6. The molecule has 1 aromatic heterocycles. The van der Waals surface area contributed by atoms with Gasteiger partial charge < -0.3 is 15.4 Å². The minimum absolute atomic E-state index is 0.0671. The molecule has 0 bridgehead atoms. The lowest BCUT2D eigenvalue weighted by atomic mass is 10.1. The van der Waals surface area contributed by atoms with Crippen molar-refractivity contribution in [2.24, 2.45) is 0 Å². The Bertz CT molecular complexity index is 953. The van der Waals surface area contributed by atoms with Gasteiger partial charge in [-0.15, -0.1) is 0 Å². The Kier molecular flexibility index (Phi) is 4.93. The lowest BCUT2D eigenvalue weighted by Gasteiger charge is -2.12. The molecule has 0 fully saturated rings. The number of H-pyrrole nitrogens is 1. The monoisotopic (exact) mass is 382 g/mol. The molecule has 0 spiro atoms. The van der Waals surface area contributed by atoms with E-state index in [1.165, 1.54) is 12.1 Å². The predicted molar refractivity (Wildman–Crippen MR) is 92.0 cm³/mol. The minimum atomic E-state index is -4.46. The van der Waals surface area contributed by atoms with Gasteiger partial charge in [0.25, 0.3) is 5.91 Å². The first-order chi connectivity index (χ1) is 12.2. The maximum absolute atomic E-state index is 12.7. The summed E-state index contributed by atoms with van der Waals surface area (Å²) < 4.78 is 38.2. The topological polar surface area (TPSA) is 65.1 Å². The number of amides is 1. The van der Waals surface area contributed by atoms with Gasteiger partial charge in [0.15, 0.2) is 0 Å². The molecule has 0 aliphatic heterocycles. The lowest BCUT2D eigenvalue weighted by molar-refractivity contribution is -0.137. The summed E-state index contributed by atoms with van der Waals surface area (Å²) in [4.78, 5) is 14.9. The molecule has 0 saturated heterocycles. The Morgan fingerprint density at radius 3 is 2.65 bits per heavy atom. The van der Waals surface area contributed by atoms with Crippen LogP contribution in [0.4, 0.5) is 13.2 Å². The highest BCUT2D eigenvalue weighted by atomic mass is 35.5. The molecule has 3 N–H and O–H groups in total. The van der Waals surface area contributed by atoms with Crippen LogP contribution < -0.4 is 5.32 Å². The molecule has 0 radical (unpaired) electrons. The van der Waals surface area contributed by atoms with E-state index in [1.54, 1.807) is 24.3 Å². The number of aromatic amines is 1. The number of rotatable bonds is 4. The quantitative estimate of drug-likeness (QED) is 0.629. The molecule has 136 valence electrons. The molecule has 0 aliphatic rings. The maximum atomic E-state index is 12.7. The van der Waals surface area contributed by atoms with E-state index in [9.17, 15) is 23.1 Å². The number of aliphatic hydroxyl groups excluding tert-OH is 1. The molecule has 1 amide bonds. The number of carbonyl (C=O) groups excluding carboxylic acids is 1. The average Bonchev–Trinajstić information content (AvgIpc) is 3.02. The van der Waals surface area contributed by atoms with Crippen molar-refractivity contribution in [3.05, 3.63) is 70.4 Å². The molecule has 0 saturated carbocycles. The van der Waals surface area contributed by atoms with Crippen molar-refractivity contribution in [3.63, 3.8) is 0 Å². The fraction of sp³-hybridized carbons (Fsp3) is 0.167. The van der Waals surface area contributed by atoms with E-state index in [0.717, 1.165) is 12.1 Å². The van der Waals surface area contributed by atoms with E-state index in [4.69, 9.17) is 11.6 Å². The minimum Gasteiger partial charge on any atom is -0.387 e. The number of aliphatic hydroxyl groups is 1. The van der Waals surface area contributed by atoms with Crippen LogP contribution in [0.2, 0.25) is 5.02 Å². The molecule has 1 atom stereocenters. The predicted octanol–water partition coefficient (Wildman–Crippen LogP) is 4.30. The van der Waals surface area contributed by atoms with Crippen molar-refractivity contribution >= 4 is 28.4 Å². The van der Waals surface area contributed by atoms with Crippen LogP contribution in [-0.4, -0.2) is 22.5 Å². The van der Waals surface area contributed by atoms with Crippen LogP contribution in [0.1, 0.15) is 27.7 Å². The van der Waals surface area contributed by atoms with Gasteiger partial charge in [-0.1, -0.05) is 29.8 Å². The van der Waals surface area contributed by atoms with E-state index < -0.39 is 23.8 Å². The summed E-state index contributed by atoms with van der Waals surface area (Å²) in [5.74, 6) is -0.532. The van der Waals surface area contributed by atoms with Gasteiger partial charge in [-0.25, -0.2) is 0 Å². The Morgan fingerprint density at radius 2 is 1.96 bits per heavy atom. The number of carbonyl (C=O) groups is 1. The highest BCUT2D eigenvalue weighted by molar-refractivity contribution is 6.30. The zero-order chi connectivity index (χ0) is 18.9. The number of benzene rings is 2. The van der Waals surface area contributed by atoms with Crippen LogP contribution in [0.25, 0.3) is 10.9 Å². The third kappa shape index (κ3) is 4.00. The maximum Gasteiger partial charge on any atom is 0.416 e. The number of alkyl halides is 3. The summed E-state index contributed by atoms with van der Waals surface area (Å²) in [6, 6.07) is 11.3. The number of nitrogens with one attached hydrogen (secondary N) is 2. The largest absolute Gasteiger partial charge is 0.416 e. The van der Waals surface area contributed by atoms with Gasteiger partial charge in [-0.3, -0.25) is 4.79 Å². The highest BCUT2D eigenvalue weighted by Gasteiger charge is 2.30. The Hall–Kier alpha value is -2.51. The third-order valence-electron chi connectivity index (χ3n) is 3.88. The number of fused-ring (bicyclic) bond motifs is 1. The van der Waals surface area contributed by atoms with Crippen LogP contribution in [0.5, 0.6) is 0 Å². The molecule has 3 rings (SSSR count). The zero-order valence-corrected chi connectivity index (χ0v) is 14.0. The molecule has 0 aliphatic carbocycles. The van der Waals surface area contributed by atoms with Crippen molar-refractivity contribution in [3.8, 4) is 0 Å². The highest BCUT2D eigenvalue weighted by Crippen LogP contribution is 2.31. The van der Waals surface area contributed by atoms with Crippen molar-refractivity contribution < 1.29 is 23.1 Å². The molecular formula is C18H14ClF3N2O2. The van der Waals surface area contributed by atoms with Gasteiger partial charge in [-0.2, -0.15) is 13.2 Å². The Labute approximate surface area is 151 Å². The number of halogens is 4. The van der Waals surface area contributed by atoms with Crippen molar-refractivity contribution in [1.82, 2.24) is 10.3 Å². The van der Waals surface area contributed by atoms with Crippen LogP contribution in [-0.2, 0) is 6.18 Å². The van der Waals surface area contributed by atoms with Gasteiger partial charge in [0.05, 0.1) is 11.7 Å². The summed E-state index contributed by atoms with van der Waals surface area (Å²) in [5.41, 5.74) is 0.0671. The third-order valence-corrected chi connectivity index (χ3v) is 4.12. The molecule has 1 heterocycles. The lowest BCUT2D eigenvalue weighted by Crippen LogP contribution is -2.28.